The van der Waals surface area contributed by atoms with Crippen LogP contribution in [0.2, 0.25) is 0 Å². The zero-order valence-electron chi connectivity index (χ0n) is 14.0. The Balaban J connectivity index is 1.66. The number of aromatic amines is 1. The number of aromatic nitrogens is 4. The van der Waals surface area contributed by atoms with Crippen LogP contribution in [0, 0.1) is 5.92 Å². The summed E-state index contributed by atoms with van der Waals surface area (Å²) >= 11 is 0. The van der Waals surface area contributed by atoms with Crippen LogP contribution >= 0.6 is 0 Å². The van der Waals surface area contributed by atoms with E-state index in [2.05, 4.69) is 51.4 Å². The van der Waals surface area contributed by atoms with Crippen molar-refractivity contribution >= 4 is 16.9 Å². The molecule has 4 heterocycles. The smallest absolute Gasteiger partial charge is 0.155 e. The second kappa shape index (κ2) is 6.20. The molecule has 124 valence electrons. The van der Waals surface area contributed by atoms with E-state index in [0.29, 0.717) is 12.0 Å². The summed E-state index contributed by atoms with van der Waals surface area (Å²) in [6.45, 7) is 7.46. The largest absolute Gasteiger partial charge is 0.354 e. The number of piperazine rings is 1. The van der Waals surface area contributed by atoms with Crippen LogP contribution in [0.15, 0.2) is 36.5 Å². The topological polar surface area (TPSA) is 69.7 Å². The Morgan fingerprint density at radius 1 is 1.21 bits per heavy atom. The molecule has 0 saturated carbocycles. The van der Waals surface area contributed by atoms with E-state index in [0.717, 1.165) is 47.9 Å². The van der Waals surface area contributed by atoms with E-state index in [1.807, 2.05) is 18.2 Å². The van der Waals surface area contributed by atoms with Crippen LogP contribution < -0.4 is 10.2 Å². The summed E-state index contributed by atoms with van der Waals surface area (Å²) in [5.74, 6) is 1.62. The van der Waals surface area contributed by atoms with Gasteiger partial charge < -0.3 is 10.2 Å². The number of hydrogen-bond acceptors (Lipinski definition) is 5. The Bertz CT molecular complexity index is 840. The number of hydrogen-bond donors (Lipinski definition) is 2. The molecule has 24 heavy (non-hydrogen) atoms. The van der Waals surface area contributed by atoms with Crippen molar-refractivity contribution < 1.29 is 0 Å². The van der Waals surface area contributed by atoms with Crippen molar-refractivity contribution in [1.29, 1.82) is 0 Å². The van der Waals surface area contributed by atoms with Gasteiger partial charge in [0.05, 0.1) is 5.69 Å². The van der Waals surface area contributed by atoms with E-state index in [1.54, 1.807) is 6.20 Å². The summed E-state index contributed by atoms with van der Waals surface area (Å²) in [4.78, 5) is 11.5. The van der Waals surface area contributed by atoms with E-state index in [-0.39, 0.29) is 0 Å². The zero-order valence-corrected chi connectivity index (χ0v) is 14.0. The Morgan fingerprint density at radius 3 is 3.00 bits per heavy atom. The number of nitrogens with one attached hydrogen (secondary N) is 2. The monoisotopic (exact) mass is 322 g/mol. The summed E-state index contributed by atoms with van der Waals surface area (Å²) in [6.07, 6.45) is 1.76. The molecule has 0 bridgehead atoms. The van der Waals surface area contributed by atoms with Gasteiger partial charge >= 0.3 is 0 Å². The first-order valence-corrected chi connectivity index (χ1v) is 8.47. The molecule has 1 atom stereocenters. The van der Waals surface area contributed by atoms with Crippen molar-refractivity contribution in [2.24, 2.45) is 5.92 Å². The number of fused-ring (bicyclic) bond motifs is 1. The van der Waals surface area contributed by atoms with Crippen LogP contribution in [-0.4, -0.2) is 45.8 Å². The van der Waals surface area contributed by atoms with Gasteiger partial charge in [0.2, 0.25) is 0 Å². The summed E-state index contributed by atoms with van der Waals surface area (Å²) in [6, 6.07) is 10.6. The zero-order chi connectivity index (χ0) is 16.5. The molecule has 2 N–H and O–H groups in total. The summed E-state index contributed by atoms with van der Waals surface area (Å²) in [7, 11) is 0. The number of H-pyrrole nitrogens is 1. The molecule has 3 aromatic heterocycles. The van der Waals surface area contributed by atoms with Crippen LogP contribution in [0.1, 0.15) is 13.8 Å². The number of nitrogens with zero attached hydrogens (tertiary/aromatic N) is 4. The molecule has 0 aromatic carbocycles. The lowest BCUT2D eigenvalue weighted by Crippen LogP contribution is -2.53. The van der Waals surface area contributed by atoms with E-state index in [1.165, 1.54) is 0 Å². The summed E-state index contributed by atoms with van der Waals surface area (Å²) < 4.78 is 0. The van der Waals surface area contributed by atoms with Gasteiger partial charge in [-0.05, 0) is 30.2 Å². The van der Waals surface area contributed by atoms with Crippen molar-refractivity contribution in [3.05, 3.63) is 36.5 Å². The molecular weight excluding hydrogens is 300 g/mol. The van der Waals surface area contributed by atoms with Crippen LogP contribution in [0.4, 0.5) is 5.82 Å². The highest BCUT2D eigenvalue weighted by molar-refractivity contribution is 5.89. The Kier molecular flexibility index (Phi) is 3.90. The predicted octanol–water partition coefficient (Wildman–Crippen LogP) is 2.45. The van der Waals surface area contributed by atoms with Gasteiger partial charge in [-0.1, -0.05) is 19.9 Å². The average Bonchev–Trinajstić information content (AvgIpc) is 3.06. The molecule has 0 spiro atoms. The summed E-state index contributed by atoms with van der Waals surface area (Å²) in [5.41, 5.74) is 2.53. The molecule has 1 aliphatic heterocycles. The molecule has 4 rings (SSSR count). The lowest BCUT2D eigenvalue weighted by Gasteiger charge is -2.36. The highest BCUT2D eigenvalue weighted by atomic mass is 15.2. The second-order valence-electron chi connectivity index (χ2n) is 6.60. The van der Waals surface area contributed by atoms with Crippen LogP contribution in [0.3, 0.4) is 0 Å². The van der Waals surface area contributed by atoms with Gasteiger partial charge in [0.25, 0.3) is 0 Å². The van der Waals surface area contributed by atoms with E-state index in [4.69, 9.17) is 4.98 Å². The van der Waals surface area contributed by atoms with Gasteiger partial charge in [-0.2, -0.15) is 5.10 Å². The third-order valence-corrected chi connectivity index (χ3v) is 4.65. The molecule has 0 aliphatic carbocycles. The number of anilines is 1. The first-order chi connectivity index (χ1) is 11.7. The van der Waals surface area contributed by atoms with E-state index >= 15 is 0 Å². The Labute approximate surface area is 141 Å². The SMILES string of the molecule is CC(C)[C@H]1CN(c2cccc(-c3n[nH]c4ncccc34)n2)CCN1. The van der Waals surface area contributed by atoms with Gasteiger partial charge in [-0.25, -0.2) is 9.97 Å². The molecule has 1 saturated heterocycles. The molecular formula is C18H22N6. The van der Waals surface area contributed by atoms with Gasteiger partial charge in [-0.3, -0.25) is 5.10 Å². The fourth-order valence-corrected chi connectivity index (χ4v) is 3.21. The minimum Gasteiger partial charge on any atom is -0.354 e. The molecule has 3 aromatic rings. The van der Waals surface area contributed by atoms with Gasteiger partial charge in [0, 0.05) is 37.3 Å². The maximum absolute atomic E-state index is 4.87. The minimum atomic E-state index is 0.500. The molecule has 1 aliphatic rings. The van der Waals surface area contributed by atoms with Crippen molar-refractivity contribution in [1.82, 2.24) is 25.5 Å². The van der Waals surface area contributed by atoms with Crippen LogP contribution in [-0.2, 0) is 0 Å². The second-order valence-corrected chi connectivity index (χ2v) is 6.60. The average molecular weight is 322 g/mol. The minimum absolute atomic E-state index is 0.500. The van der Waals surface area contributed by atoms with E-state index < -0.39 is 0 Å². The first kappa shape index (κ1) is 15.1. The number of rotatable bonds is 3. The van der Waals surface area contributed by atoms with Crippen LogP contribution in [0.5, 0.6) is 0 Å². The van der Waals surface area contributed by atoms with E-state index in [9.17, 15) is 0 Å². The molecule has 0 unspecified atom stereocenters. The third-order valence-electron chi connectivity index (χ3n) is 4.65. The van der Waals surface area contributed by atoms with Crippen molar-refractivity contribution in [2.45, 2.75) is 19.9 Å². The normalized spacial score (nSPS) is 18.5. The fraction of sp³-hybridized carbons (Fsp3) is 0.389. The predicted molar refractivity (Wildman–Crippen MR) is 96.0 cm³/mol. The lowest BCUT2D eigenvalue weighted by molar-refractivity contribution is 0.367. The lowest BCUT2D eigenvalue weighted by atomic mass is 10.0. The van der Waals surface area contributed by atoms with Crippen LogP contribution in [0.25, 0.3) is 22.4 Å². The fourth-order valence-electron chi connectivity index (χ4n) is 3.21. The van der Waals surface area contributed by atoms with Gasteiger partial charge in [0.1, 0.15) is 11.5 Å². The maximum Gasteiger partial charge on any atom is 0.155 e. The van der Waals surface area contributed by atoms with Crippen molar-refractivity contribution in [3.63, 3.8) is 0 Å². The van der Waals surface area contributed by atoms with Crippen molar-refractivity contribution in [2.75, 3.05) is 24.5 Å². The van der Waals surface area contributed by atoms with Crippen molar-refractivity contribution in [3.8, 4) is 11.4 Å². The molecule has 0 amide bonds. The van der Waals surface area contributed by atoms with Gasteiger partial charge in [-0.15, -0.1) is 0 Å². The Hall–Kier alpha value is -2.47. The summed E-state index contributed by atoms with van der Waals surface area (Å²) in [5, 5.41) is 12.0. The number of pyridine rings is 2. The highest BCUT2D eigenvalue weighted by Gasteiger charge is 2.23. The quantitative estimate of drug-likeness (QED) is 0.775. The molecule has 0 radical (unpaired) electrons. The molecule has 6 nitrogen and oxygen atoms in total. The Morgan fingerprint density at radius 2 is 2.12 bits per heavy atom. The van der Waals surface area contributed by atoms with Gasteiger partial charge in [0.15, 0.2) is 5.65 Å². The molecule has 1 fully saturated rings. The maximum atomic E-state index is 4.87. The first-order valence-electron chi connectivity index (χ1n) is 8.47. The standard InChI is InChI=1S/C18H22N6/c1-12(2)15-11-24(10-9-19-15)16-7-3-6-14(21-16)17-13-5-4-8-20-18(13)23-22-17/h3-8,12,15,19H,9-11H2,1-2H3,(H,20,22,23)/t15-/m1/s1. The third kappa shape index (κ3) is 2.73. The highest BCUT2D eigenvalue weighted by Crippen LogP contribution is 2.25. The molecule has 6 heteroatoms.